The number of hydrogen-bond donors (Lipinski definition) is 1. The van der Waals surface area contributed by atoms with Gasteiger partial charge in [0.15, 0.2) is 0 Å². The van der Waals surface area contributed by atoms with Crippen LogP contribution in [0.15, 0.2) is 24.3 Å². The summed E-state index contributed by atoms with van der Waals surface area (Å²) in [6, 6.07) is 6.68. The lowest BCUT2D eigenvalue weighted by molar-refractivity contribution is 0.102. The van der Waals surface area contributed by atoms with E-state index in [0.717, 1.165) is 5.56 Å². The number of aryl methyl sites for hydroxylation is 2. The highest BCUT2D eigenvalue weighted by Gasteiger charge is 2.10. The molecule has 1 aromatic heterocycles. The molecule has 0 aliphatic rings. The minimum absolute atomic E-state index is 0.173. The Morgan fingerprint density at radius 2 is 1.89 bits per heavy atom. The van der Waals surface area contributed by atoms with E-state index in [9.17, 15) is 4.79 Å². The van der Waals surface area contributed by atoms with Crippen LogP contribution in [0.5, 0.6) is 0 Å². The summed E-state index contributed by atoms with van der Waals surface area (Å²) in [6.45, 7) is 3.64. The Morgan fingerprint density at radius 1 is 1.16 bits per heavy atom. The van der Waals surface area contributed by atoms with Gasteiger partial charge in [-0.2, -0.15) is 0 Å². The molecule has 4 nitrogen and oxygen atoms in total. The van der Waals surface area contributed by atoms with Crippen molar-refractivity contribution in [1.29, 1.82) is 0 Å². The highest BCUT2D eigenvalue weighted by molar-refractivity contribution is 6.31. The summed E-state index contributed by atoms with van der Waals surface area (Å²) >= 11 is 11.8. The molecule has 0 bridgehead atoms. The Bertz CT molecular complexity index is 624. The van der Waals surface area contributed by atoms with Crippen LogP contribution < -0.4 is 5.32 Å². The zero-order chi connectivity index (χ0) is 14.0. The van der Waals surface area contributed by atoms with Crippen molar-refractivity contribution in [3.8, 4) is 0 Å². The third kappa shape index (κ3) is 3.43. The average molecular weight is 296 g/mol. The van der Waals surface area contributed by atoms with Gasteiger partial charge in [-0.3, -0.25) is 10.1 Å². The SMILES string of the molecule is Cc1cc(Cl)nc(NC(=O)c2ccc(C)c(Cl)c2)n1. The summed E-state index contributed by atoms with van der Waals surface area (Å²) in [5.41, 5.74) is 2.03. The number of anilines is 1. The minimum Gasteiger partial charge on any atom is -0.290 e. The number of rotatable bonds is 2. The van der Waals surface area contributed by atoms with Crippen molar-refractivity contribution < 1.29 is 4.79 Å². The van der Waals surface area contributed by atoms with Crippen molar-refractivity contribution in [3.63, 3.8) is 0 Å². The lowest BCUT2D eigenvalue weighted by Crippen LogP contribution is -2.14. The highest BCUT2D eigenvalue weighted by atomic mass is 35.5. The van der Waals surface area contributed by atoms with Crippen molar-refractivity contribution in [2.75, 3.05) is 5.32 Å². The fourth-order valence-electron chi connectivity index (χ4n) is 1.49. The zero-order valence-corrected chi connectivity index (χ0v) is 11.9. The zero-order valence-electron chi connectivity index (χ0n) is 10.4. The van der Waals surface area contributed by atoms with Gasteiger partial charge in [0.25, 0.3) is 5.91 Å². The largest absolute Gasteiger partial charge is 0.290 e. The molecule has 1 aromatic carbocycles. The van der Waals surface area contributed by atoms with E-state index in [1.807, 2.05) is 6.92 Å². The Morgan fingerprint density at radius 3 is 2.53 bits per heavy atom. The predicted octanol–water partition coefficient (Wildman–Crippen LogP) is 3.65. The van der Waals surface area contributed by atoms with Crippen molar-refractivity contribution in [1.82, 2.24) is 9.97 Å². The molecule has 2 aromatic rings. The molecule has 0 radical (unpaired) electrons. The van der Waals surface area contributed by atoms with Gasteiger partial charge in [0.2, 0.25) is 5.95 Å². The third-order valence-electron chi connectivity index (χ3n) is 2.48. The molecular weight excluding hydrogens is 285 g/mol. The first-order valence-corrected chi connectivity index (χ1v) is 6.30. The summed E-state index contributed by atoms with van der Waals surface area (Å²) in [4.78, 5) is 20.0. The first-order chi connectivity index (χ1) is 8.95. The van der Waals surface area contributed by atoms with Gasteiger partial charge in [-0.05, 0) is 37.6 Å². The van der Waals surface area contributed by atoms with Crippen LogP contribution in [0.3, 0.4) is 0 Å². The van der Waals surface area contributed by atoms with E-state index < -0.39 is 0 Å². The number of carbonyl (C=O) groups excluding carboxylic acids is 1. The van der Waals surface area contributed by atoms with Crippen LogP contribution in [0.1, 0.15) is 21.6 Å². The van der Waals surface area contributed by atoms with Gasteiger partial charge in [-0.15, -0.1) is 0 Å². The minimum atomic E-state index is -0.330. The molecule has 0 saturated carbocycles. The lowest BCUT2D eigenvalue weighted by atomic mass is 10.1. The fourth-order valence-corrected chi connectivity index (χ4v) is 1.91. The maximum absolute atomic E-state index is 12.0. The van der Waals surface area contributed by atoms with E-state index in [-0.39, 0.29) is 17.0 Å². The van der Waals surface area contributed by atoms with Crippen LogP contribution in [0, 0.1) is 13.8 Å². The van der Waals surface area contributed by atoms with Crippen molar-refractivity contribution in [3.05, 3.63) is 51.3 Å². The molecule has 1 heterocycles. The van der Waals surface area contributed by atoms with Crippen LogP contribution >= 0.6 is 23.2 Å². The Balaban J connectivity index is 2.22. The fraction of sp³-hybridized carbons (Fsp3) is 0.154. The second-order valence-electron chi connectivity index (χ2n) is 4.07. The first kappa shape index (κ1) is 13.8. The van der Waals surface area contributed by atoms with E-state index in [2.05, 4.69) is 15.3 Å². The molecule has 0 aliphatic heterocycles. The third-order valence-corrected chi connectivity index (χ3v) is 3.08. The Hall–Kier alpha value is -1.65. The van der Waals surface area contributed by atoms with E-state index in [1.165, 1.54) is 0 Å². The summed E-state index contributed by atoms with van der Waals surface area (Å²) in [5, 5.41) is 3.40. The van der Waals surface area contributed by atoms with E-state index in [0.29, 0.717) is 16.3 Å². The van der Waals surface area contributed by atoms with Gasteiger partial charge in [0.1, 0.15) is 5.15 Å². The maximum atomic E-state index is 12.0. The second-order valence-corrected chi connectivity index (χ2v) is 4.87. The molecule has 19 heavy (non-hydrogen) atoms. The molecule has 98 valence electrons. The molecule has 6 heteroatoms. The topological polar surface area (TPSA) is 54.9 Å². The van der Waals surface area contributed by atoms with Crippen LogP contribution in [-0.2, 0) is 0 Å². The quantitative estimate of drug-likeness (QED) is 0.861. The molecule has 1 N–H and O–H groups in total. The number of aromatic nitrogens is 2. The van der Waals surface area contributed by atoms with Crippen molar-refractivity contribution in [2.24, 2.45) is 0 Å². The first-order valence-electron chi connectivity index (χ1n) is 5.54. The van der Waals surface area contributed by atoms with Crippen LogP contribution in [0.25, 0.3) is 0 Å². The number of carbonyl (C=O) groups is 1. The molecule has 0 aliphatic carbocycles. The Labute approximate surface area is 120 Å². The van der Waals surface area contributed by atoms with E-state index in [4.69, 9.17) is 23.2 Å². The summed E-state index contributed by atoms with van der Waals surface area (Å²) in [6.07, 6.45) is 0. The van der Waals surface area contributed by atoms with Crippen LogP contribution in [0.4, 0.5) is 5.95 Å². The molecule has 0 saturated heterocycles. The smallest absolute Gasteiger partial charge is 0.258 e. The number of nitrogens with one attached hydrogen (secondary N) is 1. The standard InChI is InChI=1S/C13H11Cl2N3O/c1-7-3-4-9(6-10(7)14)12(19)18-13-16-8(2)5-11(15)17-13/h3-6H,1-2H3,(H,16,17,18,19). The number of halogens is 2. The molecule has 1 amide bonds. The summed E-state index contributed by atoms with van der Waals surface area (Å²) < 4.78 is 0. The monoisotopic (exact) mass is 295 g/mol. The molecule has 2 rings (SSSR count). The van der Waals surface area contributed by atoms with Gasteiger partial charge in [0.05, 0.1) is 0 Å². The molecule has 0 unspecified atom stereocenters. The van der Waals surface area contributed by atoms with E-state index in [1.54, 1.807) is 31.2 Å². The molecule has 0 spiro atoms. The molecule has 0 fully saturated rings. The van der Waals surface area contributed by atoms with Crippen molar-refractivity contribution in [2.45, 2.75) is 13.8 Å². The Kier molecular flexibility index (Phi) is 4.02. The average Bonchev–Trinajstić information content (AvgIpc) is 2.31. The molecular formula is C13H11Cl2N3O. The number of nitrogens with zero attached hydrogens (tertiary/aromatic N) is 2. The van der Waals surface area contributed by atoms with Gasteiger partial charge in [0, 0.05) is 16.3 Å². The van der Waals surface area contributed by atoms with E-state index >= 15 is 0 Å². The predicted molar refractivity (Wildman–Crippen MR) is 75.9 cm³/mol. The summed E-state index contributed by atoms with van der Waals surface area (Å²) in [7, 11) is 0. The van der Waals surface area contributed by atoms with Gasteiger partial charge < -0.3 is 0 Å². The number of hydrogen-bond acceptors (Lipinski definition) is 3. The second kappa shape index (κ2) is 5.55. The maximum Gasteiger partial charge on any atom is 0.258 e. The van der Waals surface area contributed by atoms with Crippen LogP contribution in [-0.4, -0.2) is 15.9 Å². The van der Waals surface area contributed by atoms with Gasteiger partial charge in [-0.1, -0.05) is 29.3 Å². The van der Waals surface area contributed by atoms with Crippen molar-refractivity contribution >= 4 is 35.1 Å². The highest BCUT2D eigenvalue weighted by Crippen LogP contribution is 2.17. The van der Waals surface area contributed by atoms with Crippen LogP contribution in [0.2, 0.25) is 10.2 Å². The van der Waals surface area contributed by atoms with Gasteiger partial charge in [-0.25, -0.2) is 9.97 Å². The number of benzene rings is 1. The summed E-state index contributed by atoms with van der Waals surface area (Å²) in [5.74, 6) is -0.157. The lowest BCUT2D eigenvalue weighted by Gasteiger charge is -2.06. The van der Waals surface area contributed by atoms with Gasteiger partial charge >= 0.3 is 0 Å². The normalized spacial score (nSPS) is 10.3. The number of amides is 1. The molecule has 0 atom stereocenters.